The van der Waals surface area contributed by atoms with Gasteiger partial charge in [0.1, 0.15) is 11.2 Å². The molecule has 4 aromatic carbocycles. The molecule has 0 aliphatic heterocycles. The van der Waals surface area contributed by atoms with Crippen LogP contribution < -0.4 is 4.67 Å². The topological polar surface area (TPSA) is 29.5 Å². The fourth-order valence-corrected chi connectivity index (χ4v) is 6.97. The van der Waals surface area contributed by atoms with Crippen molar-refractivity contribution >= 4 is 51.6 Å². The molecule has 0 atom stereocenters. The fraction of sp³-hybridized carbons (Fsp3) is 0.286. The van der Waals surface area contributed by atoms with Crippen LogP contribution in [0, 0.1) is 0 Å². The molecule has 1 fully saturated rings. The first-order valence-electron chi connectivity index (χ1n) is 11.8. The highest BCUT2D eigenvalue weighted by atomic mass is 31.1. The average molecular weight is 442 g/mol. The van der Waals surface area contributed by atoms with Gasteiger partial charge in [0.25, 0.3) is 0 Å². The number of rotatable bonds is 3. The van der Waals surface area contributed by atoms with E-state index < -0.39 is 8.16 Å². The van der Waals surface area contributed by atoms with Gasteiger partial charge in [0.15, 0.2) is 0 Å². The van der Waals surface area contributed by atoms with E-state index in [1.807, 2.05) is 0 Å². The molecule has 6 rings (SSSR count). The lowest BCUT2D eigenvalue weighted by Crippen LogP contribution is -2.34. The van der Waals surface area contributed by atoms with E-state index >= 15 is 0 Å². The van der Waals surface area contributed by atoms with Crippen molar-refractivity contribution in [2.75, 3.05) is 11.2 Å². The highest BCUT2D eigenvalue weighted by Gasteiger charge is 2.25. The first kappa shape index (κ1) is 19.9. The summed E-state index contributed by atoms with van der Waals surface area (Å²) in [7, 11) is -1.24. The standard InChI is InChI=1S/C28H28NO2P/c1-2-29(22-12-4-3-5-13-22)32-30-25-18-16-20-10-6-8-14-23(20)27(25)28-24-15-9-7-11-21(24)17-19-26(28)31-32/h6-11,14-19,22H,2-5,12-13H2,1H3. The van der Waals surface area contributed by atoms with Gasteiger partial charge in [-0.05, 0) is 46.5 Å². The number of fused-ring (bicyclic) bond motifs is 7. The van der Waals surface area contributed by atoms with Crippen molar-refractivity contribution in [1.29, 1.82) is 0 Å². The third kappa shape index (κ3) is 3.32. The quantitative estimate of drug-likeness (QED) is 0.280. The van der Waals surface area contributed by atoms with Gasteiger partial charge in [0.05, 0.1) is 0 Å². The van der Waals surface area contributed by atoms with Crippen LogP contribution in [0.1, 0.15) is 39.0 Å². The van der Waals surface area contributed by atoms with Gasteiger partial charge < -0.3 is 8.39 Å². The summed E-state index contributed by atoms with van der Waals surface area (Å²) < 4.78 is 16.0. The van der Waals surface area contributed by atoms with Gasteiger partial charge in [-0.3, -0.25) is 0 Å². The fourth-order valence-electron chi connectivity index (χ4n) is 5.35. The number of hydrogen-bond acceptors (Lipinski definition) is 3. The van der Waals surface area contributed by atoms with Crippen LogP contribution in [0.4, 0.5) is 0 Å². The second-order valence-electron chi connectivity index (χ2n) is 8.79. The van der Waals surface area contributed by atoms with Crippen molar-refractivity contribution in [1.82, 2.24) is 0 Å². The SMILES string of the molecule is CCN(C1CCCCC1)p1oc2ccc3ccccc3c2c2c(ccc3ccccc32)o1. The highest BCUT2D eigenvalue weighted by Crippen LogP contribution is 2.43. The maximum absolute atomic E-state index is 6.77. The average Bonchev–Trinajstić information content (AvgIpc) is 3.02. The van der Waals surface area contributed by atoms with E-state index in [4.69, 9.17) is 8.39 Å². The van der Waals surface area contributed by atoms with Crippen LogP contribution >= 0.6 is 8.16 Å². The molecule has 1 aliphatic carbocycles. The molecular formula is C28H28NO2P. The lowest BCUT2D eigenvalue weighted by molar-refractivity contribution is 0.422. The maximum atomic E-state index is 6.77. The molecule has 1 aromatic heterocycles. The minimum atomic E-state index is -1.24. The summed E-state index contributed by atoms with van der Waals surface area (Å²) in [6.45, 7) is 3.17. The van der Waals surface area contributed by atoms with Crippen molar-refractivity contribution in [3.63, 3.8) is 0 Å². The Kier molecular flexibility index (Phi) is 5.17. The molecule has 0 bridgehead atoms. The Hall–Kier alpha value is -2.74. The van der Waals surface area contributed by atoms with Crippen molar-refractivity contribution in [3.8, 4) is 0 Å². The Morgan fingerprint density at radius 3 is 1.78 bits per heavy atom. The van der Waals surface area contributed by atoms with Crippen LogP contribution in [0.25, 0.3) is 43.5 Å². The van der Waals surface area contributed by atoms with Crippen LogP contribution in [-0.2, 0) is 0 Å². The second-order valence-corrected chi connectivity index (χ2v) is 10.1. The Bertz CT molecular complexity index is 1370. The van der Waals surface area contributed by atoms with E-state index in [-0.39, 0.29) is 0 Å². The largest absolute Gasteiger partial charge is 0.408 e. The van der Waals surface area contributed by atoms with Crippen LogP contribution in [0.2, 0.25) is 0 Å². The Balaban J connectivity index is 1.76. The summed E-state index contributed by atoms with van der Waals surface area (Å²) >= 11 is 0. The molecule has 0 N–H and O–H groups in total. The van der Waals surface area contributed by atoms with Crippen LogP contribution in [0.3, 0.4) is 0 Å². The summed E-state index contributed by atoms with van der Waals surface area (Å²) in [4.78, 5) is 0. The lowest BCUT2D eigenvalue weighted by Gasteiger charge is -2.30. The molecular weight excluding hydrogens is 413 g/mol. The third-order valence-corrected chi connectivity index (χ3v) is 8.65. The van der Waals surface area contributed by atoms with Crippen LogP contribution in [0.15, 0.2) is 81.2 Å². The van der Waals surface area contributed by atoms with E-state index in [1.165, 1.54) is 53.6 Å². The molecule has 0 amide bonds. The number of nitrogens with zero attached hydrogens (tertiary/aromatic N) is 1. The van der Waals surface area contributed by atoms with E-state index in [0.29, 0.717) is 6.04 Å². The lowest BCUT2D eigenvalue weighted by atomic mass is 9.95. The molecule has 162 valence electrons. The molecule has 3 nitrogen and oxygen atoms in total. The summed E-state index contributed by atoms with van der Waals surface area (Å²) in [6.07, 6.45) is 6.40. The van der Waals surface area contributed by atoms with Gasteiger partial charge in [-0.2, -0.15) is 0 Å². The van der Waals surface area contributed by atoms with Gasteiger partial charge in [-0.15, -0.1) is 0 Å². The molecule has 0 saturated heterocycles. The smallest absolute Gasteiger partial charge is 0.309 e. The van der Waals surface area contributed by atoms with Crippen LogP contribution in [-0.4, -0.2) is 12.6 Å². The molecule has 5 aromatic rings. The zero-order valence-corrected chi connectivity index (χ0v) is 19.4. The summed E-state index contributed by atoms with van der Waals surface area (Å²) in [5.41, 5.74) is 1.86. The van der Waals surface area contributed by atoms with E-state index in [9.17, 15) is 0 Å². The summed E-state index contributed by atoms with van der Waals surface area (Å²) in [5.74, 6) is 0. The normalized spacial score (nSPS) is 15.3. The molecule has 0 unspecified atom stereocenters. The molecule has 0 spiro atoms. The number of hydrogen-bond donors (Lipinski definition) is 0. The van der Waals surface area contributed by atoms with Crippen molar-refractivity contribution in [3.05, 3.63) is 72.8 Å². The zero-order chi connectivity index (χ0) is 21.5. The molecule has 4 heteroatoms. The third-order valence-electron chi connectivity index (χ3n) is 6.91. The minimum Gasteiger partial charge on any atom is -0.408 e. The predicted octanol–water partition coefficient (Wildman–Crippen LogP) is 8.89. The minimum absolute atomic E-state index is 0.533. The first-order valence-corrected chi connectivity index (χ1v) is 12.9. The van der Waals surface area contributed by atoms with Crippen molar-refractivity contribution in [2.45, 2.75) is 45.1 Å². The molecule has 32 heavy (non-hydrogen) atoms. The predicted molar refractivity (Wildman–Crippen MR) is 137 cm³/mol. The maximum Gasteiger partial charge on any atom is 0.309 e. The van der Waals surface area contributed by atoms with Gasteiger partial charge in [0.2, 0.25) is 0 Å². The Labute approximate surface area is 189 Å². The van der Waals surface area contributed by atoms with Crippen molar-refractivity contribution < 1.29 is 8.39 Å². The Morgan fingerprint density at radius 2 is 1.25 bits per heavy atom. The van der Waals surface area contributed by atoms with Gasteiger partial charge in [0, 0.05) is 23.4 Å². The summed E-state index contributed by atoms with van der Waals surface area (Å²) in [6, 6.07) is 26.3. The highest BCUT2D eigenvalue weighted by molar-refractivity contribution is 7.39. The first-order chi connectivity index (χ1) is 15.8. The molecule has 1 saturated carbocycles. The Morgan fingerprint density at radius 1 is 0.719 bits per heavy atom. The molecule has 1 aliphatic rings. The van der Waals surface area contributed by atoms with Crippen molar-refractivity contribution in [2.24, 2.45) is 0 Å². The summed E-state index contributed by atoms with van der Waals surface area (Å²) in [5, 5.41) is 7.17. The van der Waals surface area contributed by atoms with E-state index in [1.54, 1.807) is 0 Å². The van der Waals surface area contributed by atoms with E-state index in [2.05, 4.69) is 84.4 Å². The molecule has 1 heterocycles. The van der Waals surface area contributed by atoms with Crippen LogP contribution in [0.5, 0.6) is 0 Å². The second kappa shape index (κ2) is 8.31. The van der Waals surface area contributed by atoms with Gasteiger partial charge >= 0.3 is 8.16 Å². The van der Waals surface area contributed by atoms with Gasteiger partial charge in [-0.1, -0.05) is 86.8 Å². The number of benzene rings is 4. The van der Waals surface area contributed by atoms with E-state index in [0.717, 1.165) is 28.5 Å². The van der Waals surface area contributed by atoms with Gasteiger partial charge in [-0.25, -0.2) is 4.67 Å². The zero-order valence-electron chi connectivity index (χ0n) is 18.5. The molecule has 0 radical (unpaired) electrons. The monoisotopic (exact) mass is 441 g/mol.